The molecule has 0 aliphatic rings. The van der Waals surface area contributed by atoms with Crippen LogP contribution in [0.4, 0.5) is 13.2 Å². The molecular formula is C17H18ClF3N2O2S. The summed E-state index contributed by atoms with van der Waals surface area (Å²) in [5.41, 5.74) is 3.31. The summed E-state index contributed by atoms with van der Waals surface area (Å²) in [5.74, 6) is -1.26. The molecule has 0 fully saturated rings. The number of amides is 2. The fraction of sp³-hybridized carbons (Fsp3) is 0.412. The normalized spacial score (nSPS) is 14.5. The number of carbonyl (C=O) groups excluding carboxylic acids is 2. The third-order valence-electron chi connectivity index (χ3n) is 3.91. The van der Waals surface area contributed by atoms with E-state index >= 15 is 0 Å². The van der Waals surface area contributed by atoms with Crippen LogP contribution >= 0.6 is 22.9 Å². The van der Waals surface area contributed by atoms with Gasteiger partial charge in [0.1, 0.15) is 10.4 Å². The number of rotatable bonds is 5. The highest BCUT2D eigenvalue weighted by Crippen LogP contribution is 2.39. The van der Waals surface area contributed by atoms with E-state index in [0.29, 0.717) is 11.8 Å². The smallest absolute Gasteiger partial charge is 0.368 e. The topological polar surface area (TPSA) is 72.2 Å². The monoisotopic (exact) mass is 406 g/mol. The molecule has 2 aromatic rings. The molecule has 1 unspecified atom stereocenters. The molecule has 0 saturated carbocycles. The van der Waals surface area contributed by atoms with Gasteiger partial charge in [0.05, 0.1) is 10.6 Å². The van der Waals surface area contributed by atoms with Crippen LogP contribution in [0.2, 0.25) is 5.02 Å². The van der Waals surface area contributed by atoms with Crippen LogP contribution in [-0.4, -0.2) is 17.4 Å². The van der Waals surface area contributed by atoms with Crippen molar-refractivity contribution in [3.05, 3.63) is 33.7 Å². The Morgan fingerprint density at radius 3 is 2.42 bits per heavy atom. The van der Waals surface area contributed by atoms with E-state index in [4.69, 9.17) is 17.3 Å². The summed E-state index contributed by atoms with van der Waals surface area (Å²) in [5, 5.41) is 2.97. The first-order valence-corrected chi connectivity index (χ1v) is 8.96. The van der Waals surface area contributed by atoms with Gasteiger partial charge in [0, 0.05) is 10.1 Å². The summed E-state index contributed by atoms with van der Waals surface area (Å²) in [4.78, 5) is 24.4. The van der Waals surface area contributed by atoms with E-state index in [9.17, 15) is 22.8 Å². The van der Waals surface area contributed by atoms with Crippen molar-refractivity contribution in [3.63, 3.8) is 0 Å². The molecule has 1 atom stereocenters. The minimum absolute atomic E-state index is 0.0391. The lowest BCUT2D eigenvalue weighted by molar-refractivity contribution is -0.137. The van der Waals surface area contributed by atoms with E-state index in [2.05, 4.69) is 5.32 Å². The largest absolute Gasteiger partial charge is 0.416 e. The molecule has 4 nitrogen and oxygen atoms in total. The molecule has 0 spiro atoms. The minimum atomic E-state index is -4.49. The molecule has 2 amide bonds. The third-order valence-corrected chi connectivity index (χ3v) is 5.57. The number of hydrogen-bond acceptors (Lipinski definition) is 3. The van der Waals surface area contributed by atoms with Crippen molar-refractivity contribution >= 4 is 44.8 Å². The highest BCUT2D eigenvalue weighted by molar-refractivity contribution is 7.21. The maximum Gasteiger partial charge on any atom is 0.416 e. The highest BCUT2D eigenvalue weighted by atomic mass is 35.5. The van der Waals surface area contributed by atoms with E-state index in [1.165, 1.54) is 13.0 Å². The molecule has 0 aliphatic carbocycles. The van der Waals surface area contributed by atoms with Gasteiger partial charge in [-0.2, -0.15) is 13.2 Å². The SMILES string of the molecule is CC(C)CC(C)(NC(=O)c1sc2cc(C(F)(F)F)ccc2c1Cl)C(N)=O. The van der Waals surface area contributed by atoms with Crippen LogP contribution in [0.3, 0.4) is 0 Å². The van der Waals surface area contributed by atoms with Gasteiger partial charge in [0.2, 0.25) is 5.91 Å². The number of hydrogen-bond donors (Lipinski definition) is 2. The van der Waals surface area contributed by atoms with Gasteiger partial charge in [0.15, 0.2) is 0 Å². The Labute approximate surface area is 157 Å². The number of nitrogens with one attached hydrogen (secondary N) is 1. The summed E-state index contributed by atoms with van der Waals surface area (Å²) in [6, 6.07) is 3.09. The Morgan fingerprint density at radius 1 is 1.31 bits per heavy atom. The van der Waals surface area contributed by atoms with Crippen molar-refractivity contribution < 1.29 is 22.8 Å². The van der Waals surface area contributed by atoms with Crippen molar-refractivity contribution in [2.45, 2.75) is 38.9 Å². The number of primary amides is 1. The van der Waals surface area contributed by atoms with Crippen LogP contribution < -0.4 is 11.1 Å². The van der Waals surface area contributed by atoms with Crippen molar-refractivity contribution in [2.24, 2.45) is 11.7 Å². The van der Waals surface area contributed by atoms with Crippen LogP contribution in [0.1, 0.15) is 42.4 Å². The standard InChI is InChI=1S/C17H18ClF3N2O2S/c1-8(2)7-16(3,15(22)25)23-14(24)13-12(18)10-5-4-9(17(19,20)21)6-11(10)26-13/h4-6,8H,7H2,1-3H3,(H2,22,25)(H,23,24). The zero-order chi connectivity index (χ0) is 19.9. The second-order valence-electron chi connectivity index (χ2n) is 6.70. The molecule has 0 bridgehead atoms. The van der Waals surface area contributed by atoms with Crippen LogP contribution in [0, 0.1) is 5.92 Å². The van der Waals surface area contributed by atoms with Gasteiger partial charge in [-0.1, -0.05) is 31.5 Å². The van der Waals surface area contributed by atoms with Gasteiger partial charge >= 0.3 is 6.18 Å². The molecule has 0 saturated heterocycles. The summed E-state index contributed by atoms with van der Waals surface area (Å²) in [6.45, 7) is 5.26. The number of carbonyl (C=O) groups is 2. The van der Waals surface area contributed by atoms with Crippen molar-refractivity contribution in [1.82, 2.24) is 5.32 Å². The predicted octanol–water partition coefficient (Wildman–Crippen LogP) is 4.59. The highest BCUT2D eigenvalue weighted by Gasteiger charge is 2.35. The molecule has 0 radical (unpaired) electrons. The van der Waals surface area contributed by atoms with Crippen molar-refractivity contribution in [2.75, 3.05) is 0 Å². The Balaban J connectivity index is 2.41. The predicted molar refractivity (Wildman–Crippen MR) is 96.4 cm³/mol. The lowest BCUT2D eigenvalue weighted by Gasteiger charge is -2.29. The van der Waals surface area contributed by atoms with E-state index in [1.54, 1.807) is 0 Å². The Morgan fingerprint density at radius 2 is 1.92 bits per heavy atom. The molecule has 1 aromatic carbocycles. The number of benzene rings is 1. The Hall–Kier alpha value is -1.80. The van der Waals surface area contributed by atoms with Gasteiger partial charge in [-0.25, -0.2) is 0 Å². The number of fused-ring (bicyclic) bond motifs is 1. The second-order valence-corrected chi connectivity index (χ2v) is 8.13. The van der Waals surface area contributed by atoms with Gasteiger partial charge in [0.25, 0.3) is 5.91 Å². The molecule has 2 rings (SSSR count). The summed E-state index contributed by atoms with van der Waals surface area (Å²) in [7, 11) is 0. The number of nitrogens with two attached hydrogens (primary N) is 1. The lowest BCUT2D eigenvalue weighted by Crippen LogP contribution is -2.55. The number of alkyl halides is 3. The van der Waals surface area contributed by atoms with Crippen molar-refractivity contribution in [3.8, 4) is 0 Å². The molecular weight excluding hydrogens is 389 g/mol. The summed E-state index contributed by atoms with van der Waals surface area (Å²) < 4.78 is 38.8. The van der Waals surface area contributed by atoms with Crippen molar-refractivity contribution in [1.29, 1.82) is 0 Å². The van der Waals surface area contributed by atoms with E-state index < -0.39 is 29.1 Å². The fourth-order valence-electron chi connectivity index (χ4n) is 2.72. The molecule has 9 heteroatoms. The Kier molecular flexibility index (Phi) is 5.58. The van der Waals surface area contributed by atoms with Gasteiger partial charge < -0.3 is 11.1 Å². The van der Waals surface area contributed by atoms with E-state index in [0.717, 1.165) is 23.5 Å². The first-order valence-electron chi connectivity index (χ1n) is 7.77. The lowest BCUT2D eigenvalue weighted by atomic mass is 9.90. The molecule has 26 heavy (non-hydrogen) atoms. The summed E-state index contributed by atoms with van der Waals surface area (Å²) >= 11 is 7.02. The average Bonchev–Trinajstić information content (AvgIpc) is 2.82. The van der Waals surface area contributed by atoms with Crippen LogP contribution in [0.5, 0.6) is 0 Å². The van der Waals surface area contributed by atoms with Crippen LogP contribution in [-0.2, 0) is 11.0 Å². The van der Waals surface area contributed by atoms with Crippen LogP contribution in [0.25, 0.3) is 10.1 Å². The molecule has 3 N–H and O–H groups in total. The zero-order valence-corrected chi connectivity index (χ0v) is 15.9. The van der Waals surface area contributed by atoms with Gasteiger partial charge in [-0.05, 0) is 31.4 Å². The molecule has 0 aliphatic heterocycles. The number of thiophene rings is 1. The second kappa shape index (κ2) is 7.08. The quantitative estimate of drug-likeness (QED) is 0.762. The van der Waals surface area contributed by atoms with E-state index in [1.807, 2.05) is 13.8 Å². The number of halogens is 4. The maximum atomic E-state index is 12.9. The minimum Gasteiger partial charge on any atom is -0.368 e. The fourth-order valence-corrected chi connectivity index (χ4v) is 4.18. The maximum absolute atomic E-state index is 12.9. The third kappa shape index (κ3) is 4.12. The molecule has 142 valence electrons. The van der Waals surface area contributed by atoms with Gasteiger partial charge in [-0.15, -0.1) is 11.3 Å². The summed E-state index contributed by atoms with van der Waals surface area (Å²) in [6.07, 6.45) is -4.18. The van der Waals surface area contributed by atoms with Gasteiger partial charge in [-0.3, -0.25) is 9.59 Å². The zero-order valence-electron chi connectivity index (χ0n) is 14.3. The first kappa shape index (κ1) is 20.5. The average molecular weight is 407 g/mol. The van der Waals surface area contributed by atoms with E-state index in [-0.39, 0.29) is 20.5 Å². The van der Waals surface area contributed by atoms with Crippen LogP contribution in [0.15, 0.2) is 18.2 Å². The molecule has 1 heterocycles. The Bertz CT molecular complexity index is 864. The molecule has 1 aromatic heterocycles. The first-order chi connectivity index (χ1) is 11.8.